The first-order valence-electron chi connectivity index (χ1n) is 9.41. The number of rotatable bonds is 4. The predicted molar refractivity (Wildman–Crippen MR) is 110 cm³/mol. The van der Waals surface area contributed by atoms with Gasteiger partial charge in [-0.15, -0.1) is 0 Å². The van der Waals surface area contributed by atoms with E-state index in [1.165, 1.54) is 24.8 Å². The van der Waals surface area contributed by atoms with Gasteiger partial charge in [0.1, 0.15) is 0 Å². The van der Waals surface area contributed by atoms with Gasteiger partial charge in [0.25, 0.3) is 0 Å². The molecular weight excluding hydrogens is 411 g/mol. The fourth-order valence-corrected chi connectivity index (χ4v) is 3.46. The molecule has 0 aromatic heterocycles. The lowest BCUT2D eigenvalue weighted by atomic mass is 9.93. The second-order valence-corrected chi connectivity index (χ2v) is 7.08. The van der Waals surface area contributed by atoms with Crippen molar-refractivity contribution in [3.8, 4) is 0 Å². The minimum absolute atomic E-state index is 0.0353. The molecule has 0 bridgehead atoms. The van der Waals surface area contributed by atoms with E-state index >= 15 is 0 Å². The molecule has 1 unspecified atom stereocenters. The molecule has 0 radical (unpaired) electrons. The first-order valence-corrected chi connectivity index (χ1v) is 9.41. The zero-order chi connectivity index (χ0) is 22.8. The molecule has 1 aliphatic rings. The monoisotopic (exact) mass is 431 g/mol. The molecular formula is C22H20F3N3O3. The summed E-state index contributed by atoms with van der Waals surface area (Å²) in [5, 5.41) is 4.59. The minimum Gasteiger partial charge on any atom is -0.326 e. The van der Waals surface area contributed by atoms with Crippen LogP contribution >= 0.6 is 0 Å². The molecule has 9 heteroatoms. The van der Waals surface area contributed by atoms with E-state index in [4.69, 9.17) is 0 Å². The van der Waals surface area contributed by atoms with E-state index in [-0.39, 0.29) is 18.0 Å². The summed E-state index contributed by atoms with van der Waals surface area (Å²) in [5.74, 6) is -1.49. The van der Waals surface area contributed by atoms with Crippen molar-refractivity contribution in [1.82, 2.24) is 4.90 Å². The molecule has 1 heterocycles. The Kier molecular flexibility index (Phi) is 6.14. The van der Waals surface area contributed by atoms with Gasteiger partial charge < -0.3 is 15.5 Å². The van der Waals surface area contributed by atoms with Crippen LogP contribution in [0.15, 0.2) is 48.7 Å². The molecule has 0 saturated carbocycles. The molecule has 0 saturated heterocycles. The first-order chi connectivity index (χ1) is 14.6. The van der Waals surface area contributed by atoms with Crippen molar-refractivity contribution >= 4 is 35.2 Å². The molecule has 2 N–H and O–H groups in total. The van der Waals surface area contributed by atoms with Gasteiger partial charge in [-0.2, -0.15) is 13.2 Å². The largest absolute Gasteiger partial charge is 0.418 e. The third kappa shape index (κ3) is 5.11. The molecule has 1 atom stereocenters. The third-order valence-electron chi connectivity index (χ3n) is 4.77. The van der Waals surface area contributed by atoms with E-state index < -0.39 is 35.3 Å². The van der Waals surface area contributed by atoms with Crippen molar-refractivity contribution in [2.45, 2.75) is 32.5 Å². The van der Waals surface area contributed by atoms with Gasteiger partial charge in [0.2, 0.25) is 17.7 Å². The Morgan fingerprint density at radius 3 is 2.39 bits per heavy atom. The zero-order valence-corrected chi connectivity index (χ0v) is 16.8. The van der Waals surface area contributed by atoms with Gasteiger partial charge in [0.15, 0.2) is 0 Å². The van der Waals surface area contributed by atoms with E-state index in [9.17, 15) is 27.6 Å². The third-order valence-corrected chi connectivity index (χ3v) is 4.77. The average Bonchev–Trinajstić information content (AvgIpc) is 2.68. The number of anilines is 2. The number of hydrogen-bond acceptors (Lipinski definition) is 3. The summed E-state index contributed by atoms with van der Waals surface area (Å²) in [4.78, 5) is 37.2. The number of benzene rings is 2. The molecule has 1 aliphatic heterocycles. The number of alkyl halides is 3. The lowest BCUT2D eigenvalue weighted by molar-refractivity contribution is -0.137. The van der Waals surface area contributed by atoms with E-state index in [0.29, 0.717) is 0 Å². The van der Waals surface area contributed by atoms with Gasteiger partial charge in [-0.25, -0.2) is 0 Å². The summed E-state index contributed by atoms with van der Waals surface area (Å²) in [5.41, 5.74) is 0.00726. The Balaban J connectivity index is 1.87. The summed E-state index contributed by atoms with van der Waals surface area (Å²) in [6.45, 7) is 2.53. The molecule has 6 nitrogen and oxygen atoms in total. The van der Waals surface area contributed by atoms with Crippen LogP contribution in [-0.2, 0) is 20.6 Å². The Hall–Kier alpha value is -3.62. The Labute approximate surface area is 176 Å². The highest BCUT2D eigenvalue weighted by Gasteiger charge is 2.35. The molecule has 0 aliphatic carbocycles. The molecule has 162 valence electrons. The molecule has 2 aromatic carbocycles. The van der Waals surface area contributed by atoms with Crippen LogP contribution in [0.5, 0.6) is 0 Å². The van der Waals surface area contributed by atoms with Crippen molar-refractivity contribution in [3.05, 3.63) is 65.4 Å². The van der Waals surface area contributed by atoms with Crippen LogP contribution < -0.4 is 10.6 Å². The van der Waals surface area contributed by atoms with Crippen molar-refractivity contribution in [3.63, 3.8) is 0 Å². The van der Waals surface area contributed by atoms with E-state index in [0.717, 1.165) is 23.3 Å². The number of halogens is 3. The number of amides is 3. The Bertz CT molecular complexity index is 1060. The van der Waals surface area contributed by atoms with Crippen molar-refractivity contribution in [2.75, 3.05) is 10.6 Å². The van der Waals surface area contributed by atoms with Crippen molar-refractivity contribution < 1.29 is 27.6 Å². The summed E-state index contributed by atoms with van der Waals surface area (Å²) in [6, 6.07) is 9.66. The topological polar surface area (TPSA) is 78.5 Å². The fourth-order valence-electron chi connectivity index (χ4n) is 3.46. The van der Waals surface area contributed by atoms with E-state index in [1.807, 2.05) is 12.1 Å². The molecule has 0 spiro atoms. The highest BCUT2D eigenvalue weighted by atomic mass is 19.4. The van der Waals surface area contributed by atoms with Crippen LogP contribution in [0, 0.1) is 0 Å². The number of carbonyl (C=O) groups is 3. The minimum atomic E-state index is -4.75. The number of nitrogens with one attached hydrogen (secondary N) is 2. The summed E-state index contributed by atoms with van der Waals surface area (Å²) < 4.78 is 40.5. The maximum absolute atomic E-state index is 13.5. The van der Waals surface area contributed by atoms with Crippen molar-refractivity contribution in [2.24, 2.45) is 0 Å². The van der Waals surface area contributed by atoms with Gasteiger partial charge in [0, 0.05) is 25.7 Å². The van der Waals surface area contributed by atoms with Crippen LogP contribution in [0.25, 0.3) is 6.08 Å². The van der Waals surface area contributed by atoms with Gasteiger partial charge in [-0.1, -0.05) is 24.3 Å². The second kappa shape index (κ2) is 8.63. The fraction of sp³-hybridized carbons (Fsp3) is 0.227. The maximum Gasteiger partial charge on any atom is 0.418 e. The van der Waals surface area contributed by atoms with Crippen LogP contribution in [0.4, 0.5) is 24.5 Å². The normalized spacial score (nSPS) is 15.3. The van der Waals surface area contributed by atoms with Crippen molar-refractivity contribution in [1.29, 1.82) is 0 Å². The summed E-state index contributed by atoms with van der Waals surface area (Å²) in [7, 11) is 0. The second-order valence-electron chi connectivity index (χ2n) is 7.08. The van der Waals surface area contributed by atoms with Crippen LogP contribution in [0.2, 0.25) is 0 Å². The van der Waals surface area contributed by atoms with E-state index in [1.54, 1.807) is 24.4 Å². The predicted octanol–water partition coefficient (Wildman–Crippen LogP) is 4.57. The lowest BCUT2D eigenvalue weighted by Gasteiger charge is -2.32. The summed E-state index contributed by atoms with van der Waals surface area (Å²) in [6.07, 6.45) is -1.67. The number of carbonyl (C=O) groups excluding carboxylic acids is 3. The molecule has 2 aromatic rings. The van der Waals surface area contributed by atoms with Crippen LogP contribution in [-0.4, -0.2) is 22.6 Å². The number of hydrogen-bond donors (Lipinski definition) is 2. The van der Waals surface area contributed by atoms with Gasteiger partial charge in [-0.05, 0) is 35.4 Å². The number of nitrogens with zero attached hydrogens (tertiary/aromatic N) is 1. The molecule has 31 heavy (non-hydrogen) atoms. The molecule has 0 fully saturated rings. The average molecular weight is 431 g/mol. The van der Waals surface area contributed by atoms with Crippen LogP contribution in [0.3, 0.4) is 0 Å². The highest BCUT2D eigenvalue weighted by Crippen LogP contribution is 2.38. The molecule has 3 amide bonds. The van der Waals surface area contributed by atoms with Gasteiger partial charge in [-0.3, -0.25) is 14.4 Å². The molecule has 3 rings (SSSR count). The standard InChI is InChI=1S/C22H20F3N3O3/c1-13(29)26-16-7-8-19(18(11-16)22(23,24)25)27-21(31)12-20-17-6-4-3-5-15(17)9-10-28(20)14(2)30/h3-11,20H,12H2,1-2H3,(H,26,29)(H,27,31). The summed E-state index contributed by atoms with van der Waals surface area (Å²) >= 11 is 0. The Morgan fingerprint density at radius 2 is 1.74 bits per heavy atom. The van der Waals surface area contributed by atoms with Gasteiger partial charge in [0.05, 0.1) is 23.7 Å². The number of fused-ring (bicyclic) bond motifs is 1. The first kappa shape index (κ1) is 22.1. The quantitative estimate of drug-likeness (QED) is 0.745. The SMILES string of the molecule is CC(=O)Nc1ccc(NC(=O)CC2c3ccccc3C=CN2C(C)=O)c(C(F)(F)F)c1. The Morgan fingerprint density at radius 1 is 1.03 bits per heavy atom. The van der Waals surface area contributed by atoms with E-state index in [2.05, 4.69) is 10.6 Å². The van der Waals surface area contributed by atoms with Gasteiger partial charge >= 0.3 is 6.18 Å². The zero-order valence-electron chi connectivity index (χ0n) is 16.8. The lowest BCUT2D eigenvalue weighted by Crippen LogP contribution is -2.33. The van der Waals surface area contributed by atoms with Crippen LogP contribution in [0.1, 0.15) is 43.0 Å². The maximum atomic E-state index is 13.5. The highest BCUT2D eigenvalue weighted by molar-refractivity contribution is 5.94. The smallest absolute Gasteiger partial charge is 0.326 e.